The highest BCUT2D eigenvalue weighted by molar-refractivity contribution is 5.98. The summed E-state index contributed by atoms with van der Waals surface area (Å²) in [6.07, 6.45) is 3.45. The number of anilines is 1. The zero-order valence-corrected chi connectivity index (χ0v) is 13.2. The number of phenols is 1. The van der Waals surface area contributed by atoms with Crippen molar-refractivity contribution in [1.29, 1.82) is 0 Å². The number of nitrogens with one attached hydrogen (secondary N) is 1. The number of unbranched alkanes of at least 4 members (excludes halogenated alkanes) is 1. The Kier molecular flexibility index (Phi) is 4.51. The fraction of sp³-hybridized carbons (Fsp3) is 0.316. The molecule has 3 rings (SSSR count). The molecule has 4 heteroatoms. The van der Waals surface area contributed by atoms with E-state index in [1.165, 1.54) is 24.5 Å². The number of rotatable bonds is 5. The molecule has 4 nitrogen and oxygen atoms in total. The Labute approximate surface area is 136 Å². The third-order valence-corrected chi connectivity index (χ3v) is 4.05. The van der Waals surface area contributed by atoms with Crippen LogP contribution in [0.5, 0.6) is 11.5 Å². The van der Waals surface area contributed by atoms with Crippen LogP contribution >= 0.6 is 0 Å². The van der Waals surface area contributed by atoms with E-state index in [-0.39, 0.29) is 11.7 Å². The number of hydrogen-bond donors (Lipinski definition) is 2. The lowest BCUT2D eigenvalue weighted by molar-refractivity contribution is -0.123. The van der Waals surface area contributed by atoms with Crippen LogP contribution in [0.2, 0.25) is 0 Å². The Bertz CT molecular complexity index is 694. The summed E-state index contributed by atoms with van der Waals surface area (Å²) < 4.78 is 5.78. The van der Waals surface area contributed by atoms with Gasteiger partial charge in [0.25, 0.3) is 5.91 Å². The van der Waals surface area contributed by atoms with E-state index in [9.17, 15) is 9.90 Å². The Morgan fingerprint density at radius 2 is 1.87 bits per heavy atom. The van der Waals surface area contributed by atoms with Crippen molar-refractivity contribution in [3.05, 3.63) is 53.6 Å². The molecule has 1 unspecified atom stereocenters. The van der Waals surface area contributed by atoms with E-state index in [0.717, 1.165) is 12.0 Å². The molecule has 2 aromatic rings. The van der Waals surface area contributed by atoms with Crippen molar-refractivity contribution in [3.8, 4) is 11.5 Å². The Hall–Kier alpha value is -2.49. The molecule has 23 heavy (non-hydrogen) atoms. The highest BCUT2D eigenvalue weighted by atomic mass is 16.5. The predicted molar refractivity (Wildman–Crippen MR) is 89.9 cm³/mol. The summed E-state index contributed by atoms with van der Waals surface area (Å²) >= 11 is 0. The summed E-state index contributed by atoms with van der Waals surface area (Å²) in [4.78, 5) is 12.2. The molecule has 0 saturated heterocycles. The standard InChI is InChI=1S/C19H21NO3/c1-2-3-4-13-5-7-14(8-6-13)11-18-19(22)20-16-12-15(21)9-10-17(16)23-18/h5-10,12,18,21H,2-4,11H2,1H3,(H,20,22). The SMILES string of the molecule is CCCCc1ccc(CC2Oc3ccc(O)cc3NC2=O)cc1. The Morgan fingerprint density at radius 1 is 1.13 bits per heavy atom. The Balaban J connectivity index is 1.68. The monoisotopic (exact) mass is 311 g/mol. The average molecular weight is 311 g/mol. The van der Waals surface area contributed by atoms with Crippen LogP contribution in [0.3, 0.4) is 0 Å². The normalized spacial score (nSPS) is 16.4. The maximum absolute atomic E-state index is 12.2. The van der Waals surface area contributed by atoms with Gasteiger partial charge < -0.3 is 15.2 Å². The second-order valence-electron chi connectivity index (χ2n) is 5.90. The van der Waals surface area contributed by atoms with Crippen molar-refractivity contribution in [2.45, 2.75) is 38.7 Å². The molecular weight excluding hydrogens is 290 g/mol. The molecular formula is C19H21NO3. The minimum atomic E-state index is -0.548. The van der Waals surface area contributed by atoms with Crippen LogP contribution < -0.4 is 10.1 Å². The summed E-state index contributed by atoms with van der Waals surface area (Å²) in [5.41, 5.74) is 2.92. The Morgan fingerprint density at radius 3 is 2.61 bits per heavy atom. The van der Waals surface area contributed by atoms with Gasteiger partial charge in [-0.25, -0.2) is 0 Å². The second kappa shape index (κ2) is 6.73. The van der Waals surface area contributed by atoms with Crippen molar-refractivity contribution < 1.29 is 14.6 Å². The second-order valence-corrected chi connectivity index (χ2v) is 5.90. The zero-order chi connectivity index (χ0) is 16.2. The maximum atomic E-state index is 12.2. The molecule has 120 valence electrons. The van der Waals surface area contributed by atoms with Crippen molar-refractivity contribution in [1.82, 2.24) is 0 Å². The molecule has 0 aromatic heterocycles. The molecule has 0 radical (unpaired) electrons. The fourth-order valence-corrected chi connectivity index (χ4v) is 2.71. The van der Waals surface area contributed by atoms with Crippen molar-refractivity contribution >= 4 is 11.6 Å². The van der Waals surface area contributed by atoms with E-state index < -0.39 is 6.10 Å². The van der Waals surface area contributed by atoms with Crippen LogP contribution in [0.1, 0.15) is 30.9 Å². The van der Waals surface area contributed by atoms with Crippen molar-refractivity contribution in [2.75, 3.05) is 5.32 Å². The van der Waals surface area contributed by atoms with Gasteiger partial charge in [-0.15, -0.1) is 0 Å². The third-order valence-electron chi connectivity index (χ3n) is 4.05. The van der Waals surface area contributed by atoms with Gasteiger partial charge in [-0.2, -0.15) is 0 Å². The first-order chi connectivity index (χ1) is 11.2. The lowest BCUT2D eigenvalue weighted by Crippen LogP contribution is -2.38. The number of aromatic hydroxyl groups is 1. The number of carbonyl (C=O) groups excluding carboxylic acids is 1. The van der Waals surface area contributed by atoms with Gasteiger partial charge in [0.2, 0.25) is 0 Å². The maximum Gasteiger partial charge on any atom is 0.265 e. The van der Waals surface area contributed by atoms with E-state index in [2.05, 4.69) is 36.5 Å². The molecule has 1 heterocycles. The number of carbonyl (C=O) groups is 1. The predicted octanol–water partition coefficient (Wildman–Crippen LogP) is 3.68. The van der Waals surface area contributed by atoms with E-state index >= 15 is 0 Å². The highest BCUT2D eigenvalue weighted by Gasteiger charge is 2.27. The fourth-order valence-electron chi connectivity index (χ4n) is 2.71. The van der Waals surface area contributed by atoms with Gasteiger partial charge in [0.05, 0.1) is 5.69 Å². The molecule has 0 saturated carbocycles. The highest BCUT2D eigenvalue weighted by Crippen LogP contribution is 2.33. The van der Waals surface area contributed by atoms with Crippen molar-refractivity contribution in [3.63, 3.8) is 0 Å². The van der Waals surface area contributed by atoms with Crippen LogP contribution in [0, 0.1) is 0 Å². The lowest BCUT2D eigenvalue weighted by Gasteiger charge is -2.26. The van der Waals surface area contributed by atoms with Crippen LogP contribution in [-0.2, 0) is 17.6 Å². The molecule has 1 atom stereocenters. The van der Waals surface area contributed by atoms with Crippen LogP contribution in [0.4, 0.5) is 5.69 Å². The van der Waals surface area contributed by atoms with Gasteiger partial charge in [-0.05, 0) is 36.1 Å². The number of aryl methyl sites for hydroxylation is 1. The number of amides is 1. The van der Waals surface area contributed by atoms with Gasteiger partial charge in [0, 0.05) is 12.5 Å². The lowest BCUT2D eigenvalue weighted by atomic mass is 10.0. The van der Waals surface area contributed by atoms with Gasteiger partial charge in [0.15, 0.2) is 6.10 Å². The van der Waals surface area contributed by atoms with E-state index in [1.54, 1.807) is 12.1 Å². The third kappa shape index (κ3) is 3.65. The molecule has 1 aliphatic heterocycles. The molecule has 2 N–H and O–H groups in total. The first-order valence-electron chi connectivity index (χ1n) is 8.04. The molecule has 2 aromatic carbocycles. The van der Waals surface area contributed by atoms with Crippen LogP contribution in [-0.4, -0.2) is 17.1 Å². The van der Waals surface area contributed by atoms with Gasteiger partial charge >= 0.3 is 0 Å². The molecule has 0 spiro atoms. The molecule has 0 fully saturated rings. The summed E-state index contributed by atoms with van der Waals surface area (Å²) in [6.45, 7) is 2.19. The number of benzene rings is 2. The number of ether oxygens (including phenoxy) is 1. The summed E-state index contributed by atoms with van der Waals surface area (Å²) in [7, 11) is 0. The largest absolute Gasteiger partial charge is 0.508 e. The summed E-state index contributed by atoms with van der Waals surface area (Å²) in [6, 6.07) is 13.1. The van der Waals surface area contributed by atoms with E-state index in [1.807, 2.05) is 0 Å². The summed E-state index contributed by atoms with van der Waals surface area (Å²) in [5.74, 6) is 0.513. The number of hydrogen-bond acceptors (Lipinski definition) is 3. The quantitative estimate of drug-likeness (QED) is 0.885. The number of phenolic OH excluding ortho intramolecular Hbond substituents is 1. The van der Waals surface area contributed by atoms with E-state index in [0.29, 0.717) is 17.9 Å². The smallest absolute Gasteiger partial charge is 0.265 e. The van der Waals surface area contributed by atoms with Crippen molar-refractivity contribution in [2.24, 2.45) is 0 Å². The molecule has 1 amide bonds. The molecule has 0 bridgehead atoms. The van der Waals surface area contributed by atoms with E-state index in [4.69, 9.17) is 4.74 Å². The molecule has 1 aliphatic rings. The van der Waals surface area contributed by atoms with Crippen LogP contribution in [0.15, 0.2) is 42.5 Å². The first kappa shape index (κ1) is 15.4. The topological polar surface area (TPSA) is 58.6 Å². The zero-order valence-electron chi connectivity index (χ0n) is 13.2. The van der Waals surface area contributed by atoms with Gasteiger partial charge in [-0.3, -0.25) is 4.79 Å². The van der Waals surface area contributed by atoms with Gasteiger partial charge in [-0.1, -0.05) is 37.6 Å². The minimum Gasteiger partial charge on any atom is -0.508 e. The van der Waals surface area contributed by atoms with Gasteiger partial charge in [0.1, 0.15) is 11.5 Å². The minimum absolute atomic E-state index is 0.105. The average Bonchev–Trinajstić information content (AvgIpc) is 2.55. The number of fused-ring (bicyclic) bond motifs is 1. The molecule has 0 aliphatic carbocycles. The van der Waals surface area contributed by atoms with Crippen LogP contribution in [0.25, 0.3) is 0 Å². The summed E-state index contributed by atoms with van der Waals surface area (Å²) in [5, 5.41) is 12.2. The first-order valence-corrected chi connectivity index (χ1v) is 8.04.